The van der Waals surface area contributed by atoms with Crippen LogP contribution in [0, 0.1) is 5.92 Å². The van der Waals surface area contributed by atoms with E-state index in [0.717, 1.165) is 16.8 Å². The molecule has 122 valence electrons. The molecule has 0 bridgehead atoms. The summed E-state index contributed by atoms with van der Waals surface area (Å²) in [5, 5.41) is 12.3. The summed E-state index contributed by atoms with van der Waals surface area (Å²) in [5.41, 5.74) is 5.28. The van der Waals surface area contributed by atoms with E-state index >= 15 is 0 Å². The molecule has 0 saturated heterocycles. The molecule has 4 nitrogen and oxygen atoms in total. The van der Waals surface area contributed by atoms with Crippen LogP contribution in [0.3, 0.4) is 0 Å². The van der Waals surface area contributed by atoms with Gasteiger partial charge in [-0.25, -0.2) is 0 Å². The highest BCUT2D eigenvalue weighted by molar-refractivity contribution is 5.90. The molecule has 0 heterocycles. The van der Waals surface area contributed by atoms with Crippen LogP contribution >= 0.6 is 0 Å². The average Bonchev–Trinajstić information content (AvgIpc) is 2.54. The van der Waals surface area contributed by atoms with E-state index in [-0.39, 0.29) is 11.9 Å². The average molecular weight is 312 g/mol. The molecule has 0 aliphatic carbocycles. The van der Waals surface area contributed by atoms with E-state index in [2.05, 4.69) is 10.8 Å². The molecular formula is C19H24N2O2. The van der Waals surface area contributed by atoms with E-state index in [4.69, 9.17) is 0 Å². The fourth-order valence-electron chi connectivity index (χ4n) is 2.47. The molecule has 2 aromatic rings. The second-order valence-corrected chi connectivity index (χ2v) is 6.14. The largest absolute Gasteiger partial charge is 0.326 e. The Morgan fingerprint density at radius 1 is 1.04 bits per heavy atom. The van der Waals surface area contributed by atoms with Gasteiger partial charge in [0, 0.05) is 12.1 Å². The summed E-state index contributed by atoms with van der Waals surface area (Å²) in [6.45, 7) is 4.04. The van der Waals surface area contributed by atoms with Gasteiger partial charge in [-0.3, -0.25) is 4.79 Å². The van der Waals surface area contributed by atoms with Gasteiger partial charge in [0.25, 0.3) is 0 Å². The number of carbonyl (C=O) groups is 1. The third-order valence-corrected chi connectivity index (χ3v) is 3.63. The molecule has 4 heteroatoms. The fourth-order valence-corrected chi connectivity index (χ4v) is 2.47. The molecule has 0 aliphatic heterocycles. The number of nitrogens with one attached hydrogen (secondary N) is 2. The van der Waals surface area contributed by atoms with Gasteiger partial charge in [-0.1, -0.05) is 56.3 Å². The summed E-state index contributed by atoms with van der Waals surface area (Å²) in [6, 6.07) is 17.4. The van der Waals surface area contributed by atoms with Crippen molar-refractivity contribution in [3.05, 3.63) is 65.7 Å². The van der Waals surface area contributed by atoms with Gasteiger partial charge in [0.1, 0.15) is 0 Å². The third-order valence-electron chi connectivity index (χ3n) is 3.63. The molecule has 0 saturated carbocycles. The number of hydrogen-bond acceptors (Lipinski definition) is 3. The Balaban J connectivity index is 1.98. The molecule has 0 aromatic heterocycles. The Morgan fingerprint density at radius 3 is 2.26 bits per heavy atom. The Labute approximate surface area is 137 Å². The number of anilines is 1. The van der Waals surface area contributed by atoms with Crippen molar-refractivity contribution >= 4 is 11.6 Å². The van der Waals surface area contributed by atoms with Gasteiger partial charge >= 0.3 is 0 Å². The Morgan fingerprint density at radius 2 is 1.70 bits per heavy atom. The van der Waals surface area contributed by atoms with Gasteiger partial charge in [0.15, 0.2) is 0 Å². The van der Waals surface area contributed by atoms with Gasteiger partial charge < -0.3 is 10.5 Å². The normalized spacial score (nSPS) is 12.2. The number of benzene rings is 2. The van der Waals surface area contributed by atoms with Crippen LogP contribution in [0.2, 0.25) is 0 Å². The molecule has 1 amide bonds. The molecule has 3 N–H and O–H groups in total. The van der Waals surface area contributed by atoms with Crippen molar-refractivity contribution in [1.82, 2.24) is 5.48 Å². The zero-order valence-electron chi connectivity index (χ0n) is 13.6. The second-order valence-electron chi connectivity index (χ2n) is 6.14. The van der Waals surface area contributed by atoms with Crippen LogP contribution in [0.4, 0.5) is 5.69 Å². The first-order valence-electron chi connectivity index (χ1n) is 7.92. The SMILES string of the molecule is CC(C)CC(=O)Nc1ccc(CC(NO)c2ccccc2)cc1. The zero-order chi connectivity index (χ0) is 16.7. The highest BCUT2D eigenvalue weighted by Gasteiger charge is 2.11. The minimum Gasteiger partial charge on any atom is -0.326 e. The standard InChI is InChI=1S/C19H24N2O2/c1-14(2)12-19(22)20-17-10-8-15(9-11-17)13-18(21-23)16-6-4-3-5-7-16/h3-11,14,18,21,23H,12-13H2,1-2H3,(H,20,22). The van der Waals surface area contributed by atoms with Gasteiger partial charge in [0.2, 0.25) is 5.91 Å². The van der Waals surface area contributed by atoms with E-state index < -0.39 is 0 Å². The van der Waals surface area contributed by atoms with Crippen LogP contribution in [0.5, 0.6) is 0 Å². The van der Waals surface area contributed by atoms with E-state index in [0.29, 0.717) is 18.8 Å². The van der Waals surface area contributed by atoms with E-state index in [1.165, 1.54) is 0 Å². The van der Waals surface area contributed by atoms with Crippen molar-refractivity contribution in [2.75, 3.05) is 5.32 Å². The lowest BCUT2D eigenvalue weighted by atomic mass is 9.99. The molecule has 0 aliphatic rings. The van der Waals surface area contributed by atoms with Crippen LogP contribution < -0.4 is 10.8 Å². The van der Waals surface area contributed by atoms with Gasteiger partial charge in [-0.2, -0.15) is 5.48 Å². The van der Waals surface area contributed by atoms with Crippen molar-refractivity contribution in [2.45, 2.75) is 32.7 Å². The number of hydrogen-bond donors (Lipinski definition) is 3. The number of amides is 1. The minimum absolute atomic E-state index is 0.0342. The molecule has 2 aromatic carbocycles. The smallest absolute Gasteiger partial charge is 0.224 e. The van der Waals surface area contributed by atoms with Crippen LogP contribution in [0.25, 0.3) is 0 Å². The summed E-state index contributed by atoms with van der Waals surface area (Å²) < 4.78 is 0. The first-order valence-corrected chi connectivity index (χ1v) is 7.92. The Bertz CT molecular complexity index is 609. The molecule has 1 unspecified atom stereocenters. The van der Waals surface area contributed by atoms with Crippen molar-refractivity contribution in [3.8, 4) is 0 Å². The number of rotatable bonds is 7. The maximum Gasteiger partial charge on any atom is 0.224 e. The molecular weight excluding hydrogens is 288 g/mol. The molecule has 1 atom stereocenters. The van der Waals surface area contributed by atoms with Crippen LogP contribution in [0.1, 0.15) is 37.4 Å². The second kappa shape index (κ2) is 8.46. The van der Waals surface area contributed by atoms with Crippen molar-refractivity contribution in [1.29, 1.82) is 0 Å². The quantitative estimate of drug-likeness (QED) is 0.679. The zero-order valence-corrected chi connectivity index (χ0v) is 13.6. The predicted octanol–water partition coefficient (Wildman–Crippen LogP) is 3.93. The summed E-state index contributed by atoms with van der Waals surface area (Å²) in [5.74, 6) is 0.378. The fraction of sp³-hybridized carbons (Fsp3) is 0.316. The van der Waals surface area contributed by atoms with Crippen molar-refractivity contribution in [2.24, 2.45) is 5.92 Å². The summed E-state index contributed by atoms with van der Waals surface area (Å²) >= 11 is 0. The maximum absolute atomic E-state index is 11.8. The number of carbonyl (C=O) groups excluding carboxylic acids is 1. The topological polar surface area (TPSA) is 61.4 Å². The van der Waals surface area contributed by atoms with Crippen molar-refractivity contribution in [3.63, 3.8) is 0 Å². The van der Waals surface area contributed by atoms with Crippen LogP contribution in [-0.2, 0) is 11.2 Å². The Hall–Kier alpha value is -2.17. The monoisotopic (exact) mass is 312 g/mol. The lowest BCUT2D eigenvalue weighted by Crippen LogP contribution is -2.19. The highest BCUT2D eigenvalue weighted by atomic mass is 16.5. The lowest BCUT2D eigenvalue weighted by molar-refractivity contribution is -0.116. The van der Waals surface area contributed by atoms with Crippen molar-refractivity contribution < 1.29 is 10.0 Å². The van der Waals surface area contributed by atoms with Gasteiger partial charge in [0.05, 0.1) is 6.04 Å². The molecule has 23 heavy (non-hydrogen) atoms. The predicted molar refractivity (Wildman–Crippen MR) is 92.3 cm³/mol. The first kappa shape index (κ1) is 17.2. The van der Waals surface area contributed by atoms with E-state index in [9.17, 15) is 10.0 Å². The van der Waals surface area contributed by atoms with Crippen LogP contribution in [0.15, 0.2) is 54.6 Å². The minimum atomic E-state index is -0.155. The summed E-state index contributed by atoms with van der Waals surface area (Å²) in [4.78, 5) is 11.8. The summed E-state index contributed by atoms with van der Waals surface area (Å²) in [7, 11) is 0. The van der Waals surface area contributed by atoms with Gasteiger partial charge in [-0.15, -0.1) is 0 Å². The summed E-state index contributed by atoms with van der Waals surface area (Å²) in [6.07, 6.45) is 1.19. The van der Waals surface area contributed by atoms with E-state index in [1.54, 1.807) is 0 Å². The van der Waals surface area contributed by atoms with E-state index in [1.807, 2.05) is 68.4 Å². The highest BCUT2D eigenvalue weighted by Crippen LogP contribution is 2.19. The Kier molecular flexibility index (Phi) is 6.32. The molecule has 2 rings (SSSR count). The first-order chi connectivity index (χ1) is 11.1. The van der Waals surface area contributed by atoms with Gasteiger partial charge in [-0.05, 0) is 35.6 Å². The molecule has 0 radical (unpaired) electrons. The number of hydroxylamine groups is 1. The lowest BCUT2D eigenvalue weighted by Gasteiger charge is -2.16. The molecule has 0 fully saturated rings. The maximum atomic E-state index is 11.8. The molecule has 0 spiro atoms. The third kappa shape index (κ3) is 5.51. The van der Waals surface area contributed by atoms with Crippen LogP contribution in [-0.4, -0.2) is 11.1 Å².